The van der Waals surface area contributed by atoms with Gasteiger partial charge >= 0.3 is 34.7 Å². The van der Waals surface area contributed by atoms with E-state index in [1.54, 1.807) is 0 Å². The molecule has 0 saturated heterocycles. The van der Waals surface area contributed by atoms with Gasteiger partial charge in [0, 0.05) is 5.69 Å². The average Bonchev–Trinajstić information content (AvgIpc) is 1.69. The molecule has 0 saturated carbocycles. The van der Waals surface area contributed by atoms with Gasteiger partial charge in [0.2, 0.25) is 0 Å². The van der Waals surface area contributed by atoms with Gasteiger partial charge in [-0.2, -0.15) is 0 Å². The minimum Gasteiger partial charge on any atom is -2.00 e. The Morgan fingerprint density at radius 1 is 0.750 bits per heavy atom. The van der Waals surface area contributed by atoms with Crippen molar-refractivity contribution in [1.82, 2.24) is 0 Å². The molecule has 0 bridgehead atoms. The van der Waals surface area contributed by atoms with Crippen molar-refractivity contribution in [2.24, 2.45) is 0 Å². The molecule has 0 heterocycles. The number of nitrogen functional groups attached to an aromatic ring is 1. The molecule has 0 spiro atoms. The Kier molecular flexibility index (Phi) is 42.4. The van der Waals surface area contributed by atoms with Crippen LogP contribution in [0, 0.1) is 0 Å². The van der Waals surface area contributed by atoms with Gasteiger partial charge in [0.05, 0.1) is 0 Å². The fourth-order valence-electron chi connectivity index (χ4n) is 0.453. The molecule has 2 N–H and O–H groups in total. The zero-order chi connectivity index (χ0) is 5.11. The number of rotatable bonds is 0. The van der Waals surface area contributed by atoms with Crippen molar-refractivity contribution in [3.63, 3.8) is 0 Å². The SMILES string of the molecule is Nc1ccccc1.[Al+3].[Al+3].[O-2].[O-2].[O-2]. The summed E-state index contributed by atoms with van der Waals surface area (Å²) in [7, 11) is 0. The molecule has 6 heteroatoms. The molecular formula is C6H7Al2NO3. The van der Waals surface area contributed by atoms with Crippen molar-refractivity contribution >= 4 is 40.4 Å². The predicted octanol–water partition coefficient (Wildman–Crippen LogP) is 0.151. The topological polar surface area (TPSA) is 112 Å². The van der Waals surface area contributed by atoms with Crippen LogP contribution in [0.4, 0.5) is 5.69 Å². The summed E-state index contributed by atoms with van der Waals surface area (Å²) in [6.45, 7) is 0. The van der Waals surface area contributed by atoms with E-state index >= 15 is 0 Å². The summed E-state index contributed by atoms with van der Waals surface area (Å²) in [4.78, 5) is 0. The zero-order valence-electron chi connectivity index (χ0n) is 6.34. The minimum absolute atomic E-state index is 0. The number of hydrogen-bond acceptors (Lipinski definition) is 1. The first kappa shape index (κ1) is 29.7. The van der Waals surface area contributed by atoms with Crippen LogP contribution in [0.25, 0.3) is 0 Å². The third-order valence-electron chi connectivity index (χ3n) is 0.800. The van der Waals surface area contributed by atoms with Crippen LogP contribution in [-0.2, 0) is 16.4 Å². The molecule has 0 fully saturated rings. The van der Waals surface area contributed by atoms with E-state index in [-0.39, 0.29) is 51.2 Å². The fraction of sp³-hybridized carbons (Fsp3) is 0. The summed E-state index contributed by atoms with van der Waals surface area (Å²) in [5.41, 5.74) is 6.18. The van der Waals surface area contributed by atoms with Gasteiger partial charge in [-0.15, -0.1) is 0 Å². The maximum absolute atomic E-state index is 5.36. The van der Waals surface area contributed by atoms with Crippen molar-refractivity contribution in [3.8, 4) is 0 Å². The average molecular weight is 195 g/mol. The number of para-hydroxylation sites is 1. The van der Waals surface area contributed by atoms with Crippen molar-refractivity contribution in [1.29, 1.82) is 0 Å². The summed E-state index contributed by atoms with van der Waals surface area (Å²) in [6, 6.07) is 9.49. The standard InChI is InChI=1S/C6H7N.2Al.3O/c7-6-4-2-1-3-5-6;;;;;/h1-5H,7H2;;;;;/q;2*+3;3*-2. The Labute approximate surface area is 93.0 Å². The van der Waals surface area contributed by atoms with E-state index in [1.165, 1.54) is 0 Å². The van der Waals surface area contributed by atoms with Crippen molar-refractivity contribution in [3.05, 3.63) is 30.3 Å². The monoisotopic (exact) mass is 195 g/mol. The second-order valence-electron chi connectivity index (χ2n) is 1.41. The molecule has 0 atom stereocenters. The van der Waals surface area contributed by atoms with E-state index < -0.39 is 0 Å². The second-order valence-corrected chi connectivity index (χ2v) is 1.41. The minimum atomic E-state index is 0. The summed E-state index contributed by atoms with van der Waals surface area (Å²) >= 11 is 0. The quantitative estimate of drug-likeness (QED) is 0.461. The molecule has 0 amide bonds. The first-order valence-corrected chi connectivity index (χ1v) is 2.20. The van der Waals surface area contributed by atoms with E-state index in [4.69, 9.17) is 5.73 Å². The van der Waals surface area contributed by atoms with Crippen LogP contribution in [0.2, 0.25) is 0 Å². The predicted molar refractivity (Wildman–Crippen MR) is 44.4 cm³/mol. The van der Waals surface area contributed by atoms with Crippen LogP contribution in [0.5, 0.6) is 0 Å². The van der Waals surface area contributed by atoms with Crippen LogP contribution in [0.15, 0.2) is 30.3 Å². The number of nitrogens with two attached hydrogens (primary N) is 1. The van der Waals surface area contributed by atoms with Crippen LogP contribution in [0.1, 0.15) is 0 Å². The maximum Gasteiger partial charge on any atom is 3.00 e. The fourth-order valence-corrected chi connectivity index (χ4v) is 0.453. The Bertz CT molecular complexity index is 151. The van der Waals surface area contributed by atoms with E-state index in [0.717, 1.165) is 5.69 Å². The van der Waals surface area contributed by atoms with Crippen LogP contribution >= 0.6 is 0 Å². The Morgan fingerprint density at radius 3 is 1.25 bits per heavy atom. The van der Waals surface area contributed by atoms with Gasteiger partial charge in [0.25, 0.3) is 0 Å². The van der Waals surface area contributed by atoms with E-state index in [1.807, 2.05) is 30.3 Å². The Morgan fingerprint density at radius 2 is 1.08 bits per heavy atom. The van der Waals surface area contributed by atoms with Gasteiger partial charge in [-0.05, 0) is 12.1 Å². The smallest absolute Gasteiger partial charge is 2.00 e. The number of hydrogen-bond donors (Lipinski definition) is 1. The second kappa shape index (κ2) is 17.2. The molecule has 0 aliphatic carbocycles. The maximum atomic E-state index is 5.36. The number of anilines is 1. The zero-order valence-corrected chi connectivity index (χ0v) is 8.65. The van der Waals surface area contributed by atoms with Gasteiger partial charge in [-0.3, -0.25) is 0 Å². The largest absolute Gasteiger partial charge is 3.00 e. The van der Waals surface area contributed by atoms with Crippen LogP contribution < -0.4 is 5.73 Å². The third kappa shape index (κ3) is 12.6. The summed E-state index contributed by atoms with van der Waals surface area (Å²) in [5.74, 6) is 0. The first-order chi connectivity index (χ1) is 3.39. The van der Waals surface area contributed by atoms with Gasteiger partial charge in [-0.25, -0.2) is 0 Å². The molecule has 60 valence electrons. The van der Waals surface area contributed by atoms with Crippen molar-refractivity contribution in [2.45, 2.75) is 0 Å². The van der Waals surface area contributed by atoms with Crippen LogP contribution in [-0.4, -0.2) is 34.7 Å². The molecule has 0 aliphatic rings. The van der Waals surface area contributed by atoms with Gasteiger partial charge < -0.3 is 22.2 Å². The van der Waals surface area contributed by atoms with Gasteiger partial charge in [0.15, 0.2) is 0 Å². The molecule has 12 heavy (non-hydrogen) atoms. The molecule has 1 rings (SSSR count). The third-order valence-corrected chi connectivity index (χ3v) is 0.800. The summed E-state index contributed by atoms with van der Waals surface area (Å²) < 4.78 is 0. The van der Waals surface area contributed by atoms with Gasteiger partial charge in [-0.1, -0.05) is 18.2 Å². The normalized spacial score (nSPS) is 5.00. The molecule has 1 aromatic rings. The van der Waals surface area contributed by atoms with Crippen molar-refractivity contribution in [2.75, 3.05) is 5.73 Å². The molecule has 0 aliphatic heterocycles. The van der Waals surface area contributed by atoms with E-state index in [0.29, 0.717) is 0 Å². The Balaban J connectivity index is -0.0000000327. The van der Waals surface area contributed by atoms with Gasteiger partial charge in [0.1, 0.15) is 0 Å². The number of benzene rings is 1. The molecule has 4 nitrogen and oxygen atoms in total. The Hall–Kier alpha value is -0.0351. The van der Waals surface area contributed by atoms with E-state index in [9.17, 15) is 0 Å². The molecule has 0 radical (unpaired) electrons. The van der Waals surface area contributed by atoms with Crippen LogP contribution in [0.3, 0.4) is 0 Å². The molecule has 1 aromatic carbocycles. The molecular weight excluding hydrogens is 188 g/mol. The molecule has 0 aromatic heterocycles. The van der Waals surface area contributed by atoms with Crippen molar-refractivity contribution < 1.29 is 16.4 Å². The summed E-state index contributed by atoms with van der Waals surface area (Å²) in [6.07, 6.45) is 0. The van der Waals surface area contributed by atoms with E-state index in [2.05, 4.69) is 0 Å². The molecule has 0 unspecified atom stereocenters. The first-order valence-electron chi connectivity index (χ1n) is 2.20. The summed E-state index contributed by atoms with van der Waals surface area (Å²) in [5, 5.41) is 0.